The molecule has 2 amide bonds. The molecule has 1 fully saturated rings. The lowest BCUT2D eigenvalue weighted by Gasteiger charge is -2.35. The Balaban J connectivity index is 1.66. The molecule has 0 aromatic carbocycles. The fourth-order valence-electron chi connectivity index (χ4n) is 2.50. The normalized spacial score (nSPS) is 17.5. The van der Waals surface area contributed by atoms with Gasteiger partial charge in [0.05, 0.1) is 12.6 Å². The highest BCUT2D eigenvalue weighted by Gasteiger charge is 2.22. The maximum absolute atomic E-state index is 12.3. The molecule has 1 saturated heterocycles. The average Bonchev–Trinajstić information content (AvgIpc) is 3.06. The van der Waals surface area contributed by atoms with Crippen molar-refractivity contribution in [2.45, 2.75) is 26.3 Å². The number of thiophene rings is 1. The summed E-state index contributed by atoms with van der Waals surface area (Å²) < 4.78 is 5.52. The topological polar surface area (TPSA) is 44.8 Å². The van der Waals surface area contributed by atoms with Crippen LogP contribution >= 0.6 is 11.3 Å². The van der Waals surface area contributed by atoms with Gasteiger partial charge in [-0.3, -0.25) is 4.90 Å². The first-order chi connectivity index (χ1) is 10.7. The third-order valence-corrected chi connectivity index (χ3v) is 4.92. The predicted molar refractivity (Wildman–Crippen MR) is 90.4 cm³/mol. The van der Waals surface area contributed by atoms with E-state index in [0.717, 1.165) is 52.4 Å². The number of nitrogens with zero attached hydrogens (tertiary/aromatic N) is 2. The van der Waals surface area contributed by atoms with Crippen LogP contribution in [0.15, 0.2) is 17.5 Å². The molecule has 1 aliphatic heterocycles. The summed E-state index contributed by atoms with van der Waals surface area (Å²) in [7, 11) is 0. The molecule has 2 heterocycles. The van der Waals surface area contributed by atoms with Crippen molar-refractivity contribution in [2.24, 2.45) is 0 Å². The summed E-state index contributed by atoms with van der Waals surface area (Å²) in [6.07, 6.45) is 1.07. The molecular weight excluding hydrogens is 298 g/mol. The zero-order valence-electron chi connectivity index (χ0n) is 13.6. The minimum atomic E-state index is 0.0442. The fraction of sp³-hybridized carbons (Fsp3) is 0.688. The summed E-state index contributed by atoms with van der Waals surface area (Å²) in [6, 6.07) is 4.20. The number of rotatable bonds is 7. The van der Waals surface area contributed by atoms with E-state index in [2.05, 4.69) is 23.2 Å². The van der Waals surface area contributed by atoms with Gasteiger partial charge in [-0.05, 0) is 24.8 Å². The van der Waals surface area contributed by atoms with Crippen molar-refractivity contribution in [1.29, 1.82) is 0 Å². The lowest BCUT2D eigenvalue weighted by atomic mass is 10.3. The molecule has 1 N–H and O–H groups in total. The number of carbonyl (C=O) groups is 1. The molecule has 0 aliphatic carbocycles. The van der Waals surface area contributed by atoms with Crippen molar-refractivity contribution in [3.63, 3.8) is 0 Å². The van der Waals surface area contributed by atoms with Gasteiger partial charge in [-0.25, -0.2) is 4.79 Å². The van der Waals surface area contributed by atoms with Gasteiger partial charge in [0.1, 0.15) is 0 Å². The van der Waals surface area contributed by atoms with Crippen molar-refractivity contribution in [3.05, 3.63) is 22.4 Å². The van der Waals surface area contributed by atoms with Crippen LogP contribution in [0.4, 0.5) is 4.79 Å². The van der Waals surface area contributed by atoms with Gasteiger partial charge in [-0.15, -0.1) is 11.3 Å². The first-order valence-electron chi connectivity index (χ1n) is 8.09. The van der Waals surface area contributed by atoms with Gasteiger partial charge in [0.2, 0.25) is 0 Å². The molecule has 6 heteroatoms. The van der Waals surface area contributed by atoms with Crippen LogP contribution in [0.25, 0.3) is 0 Å². The van der Waals surface area contributed by atoms with E-state index < -0.39 is 0 Å². The Morgan fingerprint density at radius 1 is 1.36 bits per heavy atom. The van der Waals surface area contributed by atoms with E-state index in [4.69, 9.17) is 4.74 Å². The predicted octanol–water partition coefficient (Wildman–Crippen LogP) is 2.56. The average molecular weight is 325 g/mol. The molecule has 1 aromatic heterocycles. The number of carbonyl (C=O) groups excluding carboxylic acids is 1. The summed E-state index contributed by atoms with van der Waals surface area (Å²) in [6.45, 7) is 10.2. The van der Waals surface area contributed by atoms with Crippen molar-refractivity contribution in [3.8, 4) is 0 Å². The maximum atomic E-state index is 12.3. The van der Waals surface area contributed by atoms with E-state index in [1.807, 2.05) is 23.3 Å². The molecule has 0 bridgehead atoms. The second-order valence-corrected chi connectivity index (χ2v) is 6.61. The van der Waals surface area contributed by atoms with Gasteiger partial charge in [0.25, 0.3) is 0 Å². The molecule has 0 spiro atoms. The van der Waals surface area contributed by atoms with E-state index in [1.54, 1.807) is 11.3 Å². The number of ether oxygens (including phenoxy) is 1. The number of amides is 2. The van der Waals surface area contributed by atoms with Gasteiger partial charge < -0.3 is 15.0 Å². The molecule has 0 saturated carbocycles. The summed E-state index contributed by atoms with van der Waals surface area (Å²) in [5.74, 6) is 0. The third kappa shape index (κ3) is 5.26. The van der Waals surface area contributed by atoms with Gasteiger partial charge in [0.15, 0.2) is 0 Å². The van der Waals surface area contributed by atoms with Crippen molar-refractivity contribution in [2.75, 3.05) is 45.9 Å². The molecule has 0 radical (unpaired) electrons. The first-order valence-corrected chi connectivity index (χ1v) is 8.97. The monoisotopic (exact) mass is 325 g/mol. The number of hydrogen-bond acceptors (Lipinski definition) is 4. The Bertz CT molecular complexity index is 431. The van der Waals surface area contributed by atoms with Crippen LogP contribution < -0.4 is 5.32 Å². The van der Waals surface area contributed by atoms with Crippen molar-refractivity contribution < 1.29 is 9.53 Å². The largest absolute Gasteiger partial charge is 0.380 e. The molecule has 2 rings (SSSR count). The molecule has 1 atom stereocenters. The smallest absolute Gasteiger partial charge is 0.317 e. The second kappa shape index (κ2) is 9.12. The van der Waals surface area contributed by atoms with E-state index in [1.165, 1.54) is 4.88 Å². The third-order valence-electron chi connectivity index (χ3n) is 3.87. The molecule has 22 heavy (non-hydrogen) atoms. The summed E-state index contributed by atoms with van der Waals surface area (Å²) >= 11 is 1.68. The molecule has 1 aliphatic rings. The van der Waals surface area contributed by atoms with Gasteiger partial charge in [0, 0.05) is 44.2 Å². The van der Waals surface area contributed by atoms with Crippen LogP contribution in [0.3, 0.4) is 0 Å². The minimum absolute atomic E-state index is 0.0442. The summed E-state index contributed by atoms with van der Waals surface area (Å²) in [5.41, 5.74) is 0. The van der Waals surface area contributed by atoms with Gasteiger partial charge in [-0.1, -0.05) is 13.0 Å². The van der Waals surface area contributed by atoms with Crippen LogP contribution in [-0.4, -0.2) is 61.8 Å². The van der Waals surface area contributed by atoms with E-state index >= 15 is 0 Å². The van der Waals surface area contributed by atoms with Gasteiger partial charge >= 0.3 is 6.03 Å². The Kier molecular flexibility index (Phi) is 7.15. The molecular formula is C16H27N3O2S. The highest BCUT2D eigenvalue weighted by atomic mass is 32.1. The fourth-order valence-corrected chi connectivity index (χ4v) is 3.23. The number of piperazine rings is 1. The van der Waals surface area contributed by atoms with Crippen LogP contribution in [0.2, 0.25) is 0 Å². The zero-order chi connectivity index (χ0) is 15.8. The van der Waals surface area contributed by atoms with Crippen LogP contribution in [-0.2, 0) is 4.74 Å². The Hall–Kier alpha value is -1.11. The molecule has 1 unspecified atom stereocenters. The Morgan fingerprint density at radius 3 is 2.77 bits per heavy atom. The van der Waals surface area contributed by atoms with E-state index in [0.29, 0.717) is 0 Å². The highest BCUT2D eigenvalue weighted by Crippen LogP contribution is 2.18. The van der Waals surface area contributed by atoms with E-state index in [9.17, 15) is 4.79 Å². The van der Waals surface area contributed by atoms with Crippen molar-refractivity contribution in [1.82, 2.24) is 15.1 Å². The SMILES string of the molecule is CCCOCCN1CCN(C(=O)NC(C)c2cccs2)CC1. The summed E-state index contributed by atoms with van der Waals surface area (Å²) in [4.78, 5) is 17.8. The van der Waals surface area contributed by atoms with Crippen LogP contribution in [0, 0.1) is 0 Å². The standard InChI is InChI=1S/C16H27N3O2S/c1-3-11-21-12-10-18-6-8-19(9-7-18)16(20)17-14(2)15-5-4-13-22-15/h4-5,13-14H,3,6-12H2,1-2H3,(H,17,20). The minimum Gasteiger partial charge on any atom is -0.380 e. The Labute approximate surface area is 137 Å². The zero-order valence-corrected chi connectivity index (χ0v) is 14.4. The lowest BCUT2D eigenvalue weighted by Crippen LogP contribution is -2.52. The molecule has 1 aromatic rings. The van der Waals surface area contributed by atoms with E-state index in [-0.39, 0.29) is 12.1 Å². The van der Waals surface area contributed by atoms with Crippen LogP contribution in [0.5, 0.6) is 0 Å². The maximum Gasteiger partial charge on any atom is 0.317 e. The molecule has 5 nitrogen and oxygen atoms in total. The first kappa shape index (κ1) is 17.2. The number of nitrogens with one attached hydrogen (secondary N) is 1. The van der Waals surface area contributed by atoms with Crippen molar-refractivity contribution >= 4 is 17.4 Å². The Morgan fingerprint density at radius 2 is 2.14 bits per heavy atom. The molecule has 124 valence electrons. The number of hydrogen-bond donors (Lipinski definition) is 1. The second-order valence-electron chi connectivity index (χ2n) is 5.63. The van der Waals surface area contributed by atoms with Gasteiger partial charge in [-0.2, -0.15) is 0 Å². The lowest BCUT2D eigenvalue weighted by molar-refractivity contribution is 0.0821. The quantitative estimate of drug-likeness (QED) is 0.784. The summed E-state index contributed by atoms with van der Waals surface area (Å²) in [5, 5.41) is 5.12. The highest BCUT2D eigenvalue weighted by molar-refractivity contribution is 7.10. The number of urea groups is 1. The van der Waals surface area contributed by atoms with Crippen LogP contribution in [0.1, 0.15) is 31.2 Å².